The Morgan fingerprint density at radius 1 is 1.19 bits per heavy atom. The van der Waals surface area contributed by atoms with Gasteiger partial charge in [-0.3, -0.25) is 0 Å². The molecule has 2 aromatic carbocycles. The van der Waals surface area contributed by atoms with Crippen LogP contribution >= 0.6 is 11.6 Å². The number of methoxy groups -OCH3 is 1. The Morgan fingerprint density at radius 2 is 1.85 bits per heavy atom. The van der Waals surface area contributed by atoms with E-state index in [0.717, 1.165) is 11.1 Å². The molecule has 0 unspecified atom stereocenters. The van der Waals surface area contributed by atoms with E-state index in [0.29, 0.717) is 17.0 Å². The van der Waals surface area contributed by atoms with Gasteiger partial charge in [0.25, 0.3) is 0 Å². The summed E-state index contributed by atoms with van der Waals surface area (Å²) in [7, 11) is 1.37. The number of ether oxygens (including phenoxy) is 1. The summed E-state index contributed by atoms with van der Waals surface area (Å²) < 4.78 is 4.83. The van der Waals surface area contributed by atoms with Crippen molar-refractivity contribution in [1.29, 1.82) is 0 Å². The van der Waals surface area contributed by atoms with Crippen molar-refractivity contribution < 1.29 is 14.6 Å². The lowest BCUT2D eigenvalue weighted by molar-refractivity contribution is 0.0527. The number of halogens is 1. The van der Waals surface area contributed by atoms with Gasteiger partial charge in [0.15, 0.2) is 0 Å². The molecule has 0 aliphatic rings. The summed E-state index contributed by atoms with van der Waals surface area (Å²) in [5, 5.41) is 11.3. The Labute approximate surface area is 166 Å². The average molecular weight is 387 g/mol. The number of benzene rings is 2. The van der Waals surface area contributed by atoms with Crippen molar-refractivity contribution in [2.45, 2.75) is 39.2 Å². The van der Waals surface area contributed by atoms with E-state index < -0.39 is 6.10 Å². The van der Waals surface area contributed by atoms with Crippen LogP contribution in [0.2, 0.25) is 5.02 Å². The van der Waals surface area contributed by atoms with Crippen molar-refractivity contribution >= 4 is 23.6 Å². The molecule has 0 aliphatic carbocycles. The summed E-state index contributed by atoms with van der Waals surface area (Å²) in [6.07, 6.45) is 4.15. The summed E-state index contributed by atoms with van der Waals surface area (Å²) in [5.74, 6) is -0.409. The van der Waals surface area contributed by atoms with Crippen molar-refractivity contribution in [2.24, 2.45) is 5.41 Å². The fraction of sp³-hybridized carbons (Fsp3) is 0.348. The predicted octanol–water partition coefficient (Wildman–Crippen LogP) is 5.72. The Morgan fingerprint density at radius 3 is 2.44 bits per heavy atom. The molecule has 144 valence electrons. The largest absolute Gasteiger partial charge is 0.465 e. The zero-order valence-corrected chi connectivity index (χ0v) is 17.0. The van der Waals surface area contributed by atoms with Crippen LogP contribution in [0.25, 0.3) is 6.08 Å². The number of esters is 1. The van der Waals surface area contributed by atoms with Gasteiger partial charge < -0.3 is 9.84 Å². The van der Waals surface area contributed by atoms with Crippen LogP contribution in [-0.4, -0.2) is 24.3 Å². The first kappa shape index (κ1) is 21.2. The van der Waals surface area contributed by atoms with E-state index in [1.54, 1.807) is 6.07 Å². The summed E-state index contributed by atoms with van der Waals surface area (Å²) in [4.78, 5) is 11.9. The van der Waals surface area contributed by atoms with E-state index in [9.17, 15) is 9.90 Å². The maximum Gasteiger partial charge on any atom is 0.337 e. The Balaban J connectivity index is 2.34. The molecule has 0 saturated heterocycles. The van der Waals surface area contributed by atoms with E-state index in [-0.39, 0.29) is 17.3 Å². The molecule has 2 atom stereocenters. The van der Waals surface area contributed by atoms with Gasteiger partial charge in [-0.15, -0.1) is 0 Å². The van der Waals surface area contributed by atoms with Gasteiger partial charge in [-0.25, -0.2) is 4.79 Å². The normalized spacial score (nSPS) is 14.1. The molecule has 0 aliphatic heterocycles. The third-order valence-electron chi connectivity index (χ3n) is 4.60. The van der Waals surface area contributed by atoms with Gasteiger partial charge in [0.1, 0.15) is 0 Å². The van der Waals surface area contributed by atoms with Crippen LogP contribution in [0.3, 0.4) is 0 Å². The molecule has 2 rings (SSSR count). The molecule has 0 aromatic heterocycles. The molecule has 0 saturated carbocycles. The molecule has 3 nitrogen and oxygen atoms in total. The molecular weight excluding hydrogens is 360 g/mol. The standard InChI is InChI=1S/C23H27ClO3/c1-23(2,3)21(25)15-18(11-8-16-9-12-20(24)13-10-16)17-6-5-7-19(14-17)22(26)27-4/h5-14,18,21,25H,15H2,1-4H3/b11-8+/t18-,21-/m0/s1. The van der Waals surface area contributed by atoms with Crippen LogP contribution in [-0.2, 0) is 4.74 Å². The van der Waals surface area contributed by atoms with Gasteiger partial charge in [-0.05, 0) is 47.2 Å². The van der Waals surface area contributed by atoms with Gasteiger partial charge in [-0.2, -0.15) is 0 Å². The number of allylic oxidation sites excluding steroid dienone is 1. The molecule has 1 N–H and O–H groups in total. The van der Waals surface area contributed by atoms with Crippen LogP contribution in [0.15, 0.2) is 54.6 Å². The van der Waals surface area contributed by atoms with Gasteiger partial charge >= 0.3 is 5.97 Å². The summed E-state index contributed by atoms with van der Waals surface area (Å²) in [5.41, 5.74) is 2.27. The Hall–Kier alpha value is -2.10. The predicted molar refractivity (Wildman–Crippen MR) is 111 cm³/mol. The molecule has 0 amide bonds. The number of hydrogen-bond donors (Lipinski definition) is 1. The fourth-order valence-electron chi connectivity index (χ4n) is 2.74. The highest BCUT2D eigenvalue weighted by Gasteiger charge is 2.25. The molecule has 0 spiro atoms. The van der Waals surface area contributed by atoms with E-state index >= 15 is 0 Å². The smallest absolute Gasteiger partial charge is 0.337 e. The molecular formula is C23H27ClO3. The summed E-state index contributed by atoms with van der Waals surface area (Å²) in [6.45, 7) is 6.05. The Kier molecular flexibility index (Phi) is 7.23. The van der Waals surface area contributed by atoms with Gasteiger partial charge in [0.2, 0.25) is 0 Å². The molecule has 2 aromatic rings. The van der Waals surface area contributed by atoms with Crippen molar-refractivity contribution in [3.8, 4) is 0 Å². The maximum atomic E-state index is 11.9. The molecule has 0 heterocycles. The van der Waals surface area contributed by atoms with Crippen LogP contribution in [0.5, 0.6) is 0 Å². The molecule has 0 bridgehead atoms. The highest BCUT2D eigenvalue weighted by Crippen LogP contribution is 2.31. The first-order valence-corrected chi connectivity index (χ1v) is 9.38. The maximum absolute atomic E-state index is 11.9. The SMILES string of the molecule is COC(=O)c1cccc([C@@H](/C=C/c2ccc(Cl)cc2)C[C@H](O)C(C)(C)C)c1. The minimum Gasteiger partial charge on any atom is -0.465 e. The lowest BCUT2D eigenvalue weighted by Gasteiger charge is -2.29. The zero-order valence-electron chi connectivity index (χ0n) is 16.3. The fourth-order valence-corrected chi connectivity index (χ4v) is 2.86. The number of rotatable bonds is 6. The monoisotopic (exact) mass is 386 g/mol. The first-order valence-electron chi connectivity index (χ1n) is 9.01. The van der Waals surface area contributed by atoms with Crippen molar-refractivity contribution in [3.63, 3.8) is 0 Å². The van der Waals surface area contributed by atoms with Gasteiger partial charge in [0.05, 0.1) is 18.8 Å². The highest BCUT2D eigenvalue weighted by atomic mass is 35.5. The van der Waals surface area contributed by atoms with Crippen molar-refractivity contribution in [3.05, 3.63) is 76.3 Å². The minimum absolute atomic E-state index is 0.0421. The number of hydrogen-bond acceptors (Lipinski definition) is 3. The molecule has 4 heteroatoms. The third-order valence-corrected chi connectivity index (χ3v) is 4.86. The van der Waals surface area contributed by atoms with Crippen molar-refractivity contribution in [2.75, 3.05) is 7.11 Å². The summed E-state index contributed by atoms with van der Waals surface area (Å²) in [6, 6.07) is 15.0. The summed E-state index contributed by atoms with van der Waals surface area (Å²) >= 11 is 5.95. The number of aliphatic hydroxyl groups is 1. The van der Waals surface area contributed by atoms with Crippen LogP contribution in [0.4, 0.5) is 0 Å². The minimum atomic E-state index is -0.487. The number of carbonyl (C=O) groups is 1. The topological polar surface area (TPSA) is 46.5 Å². The molecule has 0 radical (unpaired) electrons. The lowest BCUT2D eigenvalue weighted by Crippen LogP contribution is -2.27. The Bertz CT molecular complexity index is 788. The highest BCUT2D eigenvalue weighted by molar-refractivity contribution is 6.30. The third kappa shape index (κ3) is 6.23. The first-order chi connectivity index (χ1) is 12.7. The second kappa shape index (κ2) is 9.20. The molecule has 0 fully saturated rings. The van der Waals surface area contributed by atoms with E-state index in [2.05, 4.69) is 6.08 Å². The van der Waals surface area contributed by atoms with Crippen molar-refractivity contribution in [1.82, 2.24) is 0 Å². The average Bonchev–Trinajstić information content (AvgIpc) is 2.64. The second-order valence-corrected chi connectivity index (χ2v) is 8.19. The zero-order chi connectivity index (χ0) is 20.0. The van der Waals surface area contributed by atoms with E-state index in [1.807, 2.05) is 69.3 Å². The quantitative estimate of drug-likeness (QED) is 0.645. The molecule has 27 heavy (non-hydrogen) atoms. The van der Waals surface area contributed by atoms with E-state index in [4.69, 9.17) is 16.3 Å². The second-order valence-electron chi connectivity index (χ2n) is 7.75. The number of aliphatic hydroxyl groups excluding tert-OH is 1. The van der Waals surface area contributed by atoms with Gasteiger partial charge in [-0.1, -0.05) is 68.8 Å². The van der Waals surface area contributed by atoms with Crippen LogP contribution in [0.1, 0.15) is 54.6 Å². The van der Waals surface area contributed by atoms with Crippen LogP contribution in [0, 0.1) is 5.41 Å². The number of carbonyl (C=O) groups excluding carboxylic acids is 1. The van der Waals surface area contributed by atoms with E-state index in [1.165, 1.54) is 7.11 Å². The lowest BCUT2D eigenvalue weighted by atomic mass is 9.81. The van der Waals surface area contributed by atoms with Crippen LogP contribution < -0.4 is 0 Å². The van der Waals surface area contributed by atoms with Gasteiger partial charge in [0, 0.05) is 10.9 Å².